The molecule has 1 N–H and O–H groups in total. The van der Waals surface area contributed by atoms with Crippen LogP contribution in [0.15, 0.2) is 72.9 Å². The highest BCUT2D eigenvalue weighted by molar-refractivity contribution is 5.72. The number of unbranched alkanes of at least 4 members (excludes halogenated alkanes) is 11. The molecule has 0 fully saturated rings. The van der Waals surface area contributed by atoms with Gasteiger partial charge in [-0.05, 0) is 64.2 Å². The Balaban J connectivity index is 4.64. The molecule has 0 saturated carbocycles. The van der Waals surface area contributed by atoms with Gasteiger partial charge in [-0.15, -0.1) is 0 Å². The number of aliphatic carboxylic acids is 1. The minimum atomic E-state index is -1.54. The van der Waals surface area contributed by atoms with Crippen LogP contribution < -0.4 is 0 Å². The van der Waals surface area contributed by atoms with E-state index in [4.69, 9.17) is 18.9 Å². The first kappa shape index (κ1) is 51.7. The molecule has 0 heterocycles. The largest absolute Gasteiger partial charge is 0.477 e. The van der Waals surface area contributed by atoms with Gasteiger partial charge in [0.2, 0.25) is 0 Å². The monoisotopic (exact) mass is 773 g/mol. The summed E-state index contributed by atoms with van der Waals surface area (Å²) in [5.41, 5.74) is 0. The fourth-order valence-corrected chi connectivity index (χ4v) is 5.20. The second kappa shape index (κ2) is 37.6. The molecule has 0 aromatic rings. The Kier molecular flexibility index (Phi) is 35.4. The lowest BCUT2D eigenvalue weighted by atomic mass is 10.1. The first-order valence-electron chi connectivity index (χ1n) is 21.1. The summed E-state index contributed by atoms with van der Waals surface area (Å²) in [6.07, 6.45) is 42.8. The average Bonchev–Trinajstić information content (AvgIpc) is 3.14. The molecule has 0 aliphatic rings. The van der Waals surface area contributed by atoms with Crippen LogP contribution in [0.4, 0.5) is 0 Å². The van der Waals surface area contributed by atoms with Crippen molar-refractivity contribution in [2.24, 2.45) is 0 Å². The predicted octanol–water partition coefficient (Wildman–Crippen LogP) is 10.8. The van der Waals surface area contributed by atoms with Gasteiger partial charge >= 0.3 is 17.9 Å². The Morgan fingerprint density at radius 2 is 1.09 bits per heavy atom. The molecule has 0 radical (unpaired) electrons. The van der Waals surface area contributed by atoms with Crippen LogP contribution in [-0.4, -0.2) is 87.4 Å². The number of quaternary nitrogens is 1. The fraction of sp³-hybridized carbons (Fsp3) is 0.674. The van der Waals surface area contributed by atoms with E-state index in [1.165, 1.54) is 44.9 Å². The molecule has 0 aromatic heterocycles. The number of ether oxygens (including phenoxy) is 4. The van der Waals surface area contributed by atoms with Crippen molar-refractivity contribution in [1.82, 2.24) is 0 Å². The van der Waals surface area contributed by atoms with E-state index in [0.29, 0.717) is 17.4 Å². The van der Waals surface area contributed by atoms with Gasteiger partial charge in [-0.3, -0.25) is 9.59 Å². The molecule has 0 amide bonds. The summed E-state index contributed by atoms with van der Waals surface area (Å²) in [5.74, 6) is -2.20. The molecule has 0 aromatic carbocycles. The molecule has 0 bridgehead atoms. The Morgan fingerprint density at radius 3 is 1.62 bits per heavy atom. The second-order valence-corrected chi connectivity index (χ2v) is 14.9. The smallest absolute Gasteiger partial charge is 0.361 e. The maximum absolute atomic E-state index is 12.7. The summed E-state index contributed by atoms with van der Waals surface area (Å²) in [7, 11) is 5.91. The van der Waals surface area contributed by atoms with E-state index < -0.39 is 24.3 Å². The SMILES string of the molecule is CC/C=C\C/C=C\C/C=C\C/C=C\C/C=C\CC(=O)OC(COC(=O)CCCCCCC/C=C\CCCCCCCC)COC(OCC[N+](C)(C)C)C(=O)O. The Bertz CT molecular complexity index is 1130. The third-order valence-electron chi connectivity index (χ3n) is 8.48. The van der Waals surface area contributed by atoms with E-state index in [9.17, 15) is 19.5 Å². The first-order chi connectivity index (χ1) is 26.6. The van der Waals surface area contributed by atoms with Gasteiger partial charge in [0, 0.05) is 6.42 Å². The van der Waals surface area contributed by atoms with Gasteiger partial charge in [0.25, 0.3) is 6.29 Å². The molecule has 55 heavy (non-hydrogen) atoms. The zero-order valence-corrected chi connectivity index (χ0v) is 35.3. The molecule has 2 unspecified atom stereocenters. The topological polar surface area (TPSA) is 108 Å². The van der Waals surface area contributed by atoms with Gasteiger partial charge in [0.15, 0.2) is 6.10 Å². The van der Waals surface area contributed by atoms with Gasteiger partial charge in [0.1, 0.15) is 13.2 Å². The van der Waals surface area contributed by atoms with Crippen LogP contribution in [0.25, 0.3) is 0 Å². The van der Waals surface area contributed by atoms with Crippen LogP contribution >= 0.6 is 0 Å². The number of esters is 2. The molecule has 0 aliphatic heterocycles. The Morgan fingerprint density at radius 1 is 0.582 bits per heavy atom. The van der Waals surface area contributed by atoms with Crippen LogP contribution in [0.2, 0.25) is 0 Å². The van der Waals surface area contributed by atoms with Crippen molar-refractivity contribution in [2.45, 2.75) is 155 Å². The number of hydrogen-bond donors (Lipinski definition) is 1. The number of carbonyl (C=O) groups is 3. The van der Waals surface area contributed by atoms with Gasteiger partial charge < -0.3 is 28.5 Å². The summed E-state index contributed by atoms with van der Waals surface area (Å²) in [5, 5.41) is 9.61. The van der Waals surface area contributed by atoms with E-state index in [1.54, 1.807) is 6.08 Å². The van der Waals surface area contributed by atoms with Crippen molar-refractivity contribution in [3.8, 4) is 0 Å². The minimum Gasteiger partial charge on any atom is -0.477 e. The molecular formula is C46H78NO8+. The number of nitrogens with zero attached hydrogens (tertiary/aromatic N) is 1. The van der Waals surface area contributed by atoms with Crippen LogP contribution in [-0.2, 0) is 33.3 Å². The minimum absolute atomic E-state index is 0.0231. The van der Waals surface area contributed by atoms with Gasteiger partial charge in [-0.25, -0.2) is 4.79 Å². The third-order valence-corrected chi connectivity index (χ3v) is 8.48. The van der Waals surface area contributed by atoms with Crippen LogP contribution in [0.3, 0.4) is 0 Å². The van der Waals surface area contributed by atoms with Crippen LogP contribution in [0.1, 0.15) is 142 Å². The highest BCUT2D eigenvalue weighted by Gasteiger charge is 2.24. The Labute approximate surface area is 335 Å². The highest BCUT2D eigenvalue weighted by Crippen LogP contribution is 2.11. The first-order valence-corrected chi connectivity index (χ1v) is 21.1. The molecule has 0 rings (SSSR count). The molecule has 9 nitrogen and oxygen atoms in total. The van der Waals surface area contributed by atoms with Crippen LogP contribution in [0.5, 0.6) is 0 Å². The standard InChI is InChI=1S/C46H77NO8/c1-6-8-10-12-14-16-18-20-22-24-26-28-30-32-34-36-43(48)53-40-42(41-54-46(45(50)51)52-39-38-47(3,4)5)55-44(49)37-35-33-31-29-27-25-23-21-19-17-15-13-11-9-7-2/h9,11,15,17,20-23,27,29,33,35,42,46H,6-8,10,12-14,16,18-19,24-26,28,30-32,34,36-41H2,1-5H3/p+1/b11-9-,17-15-,22-20-,23-21-,29-27-,35-33-. The van der Waals surface area contributed by atoms with E-state index in [2.05, 4.69) is 68.5 Å². The number of carboxylic acids is 1. The number of rotatable bonds is 37. The summed E-state index contributed by atoms with van der Waals surface area (Å²) in [4.78, 5) is 36.9. The van der Waals surface area contributed by atoms with E-state index >= 15 is 0 Å². The number of carboxylic acid groups (broad SMARTS) is 1. The molecule has 2 atom stereocenters. The van der Waals surface area contributed by atoms with Crippen molar-refractivity contribution in [1.29, 1.82) is 0 Å². The number of likely N-dealkylation sites (N-methyl/N-ethyl adjacent to an activating group) is 1. The zero-order chi connectivity index (χ0) is 40.7. The van der Waals surface area contributed by atoms with Crippen molar-refractivity contribution < 1.29 is 42.9 Å². The van der Waals surface area contributed by atoms with E-state index in [-0.39, 0.29) is 38.6 Å². The normalized spacial score (nSPS) is 13.7. The number of carbonyl (C=O) groups excluding carboxylic acids is 2. The molecule has 9 heteroatoms. The zero-order valence-electron chi connectivity index (χ0n) is 35.3. The second-order valence-electron chi connectivity index (χ2n) is 14.9. The van der Waals surface area contributed by atoms with Gasteiger partial charge in [-0.1, -0.05) is 138 Å². The Hall–Kier alpha value is -3.27. The molecule has 0 aliphatic carbocycles. The predicted molar refractivity (Wildman–Crippen MR) is 226 cm³/mol. The van der Waals surface area contributed by atoms with Crippen molar-refractivity contribution in [3.05, 3.63) is 72.9 Å². The van der Waals surface area contributed by atoms with E-state index in [1.807, 2.05) is 33.3 Å². The fourth-order valence-electron chi connectivity index (χ4n) is 5.20. The van der Waals surface area contributed by atoms with Crippen molar-refractivity contribution >= 4 is 17.9 Å². The van der Waals surface area contributed by atoms with E-state index in [0.717, 1.165) is 64.2 Å². The summed E-state index contributed by atoms with van der Waals surface area (Å²) in [6, 6.07) is 0. The molecule has 314 valence electrons. The van der Waals surface area contributed by atoms with Crippen molar-refractivity contribution in [2.75, 3.05) is 47.5 Å². The lowest BCUT2D eigenvalue weighted by molar-refractivity contribution is -0.870. The maximum Gasteiger partial charge on any atom is 0.361 e. The lowest BCUT2D eigenvalue weighted by Gasteiger charge is -2.25. The summed E-state index contributed by atoms with van der Waals surface area (Å²) < 4.78 is 22.5. The lowest BCUT2D eigenvalue weighted by Crippen LogP contribution is -2.40. The summed E-state index contributed by atoms with van der Waals surface area (Å²) in [6.45, 7) is 4.60. The van der Waals surface area contributed by atoms with Crippen LogP contribution in [0, 0.1) is 0 Å². The highest BCUT2D eigenvalue weighted by atomic mass is 16.7. The number of allylic oxidation sites excluding steroid dienone is 11. The third kappa shape index (κ3) is 38.8. The average molecular weight is 773 g/mol. The quantitative estimate of drug-likeness (QED) is 0.0219. The molecule has 0 spiro atoms. The summed E-state index contributed by atoms with van der Waals surface area (Å²) >= 11 is 0. The van der Waals surface area contributed by atoms with Gasteiger partial charge in [-0.2, -0.15) is 0 Å². The molecule has 0 saturated heterocycles. The van der Waals surface area contributed by atoms with Gasteiger partial charge in [0.05, 0.1) is 40.8 Å². The maximum atomic E-state index is 12.7. The molecular weight excluding hydrogens is 695 g/mol. The number of hydrogen-bond acceptors (Lipinski definition) is 7. The van der Waals surface area contributed by atoms with Crippen molar-refractivity contribution in [3.63, 3.8) is 0 Å².